The summed E-state index contributed by atoms with van der Waals surface area (Å²) >= 11 is 0. The SMILES string of the molecule is CCC(=O)N1CCOC1C=O. The van der Waals surface area contributed by atoms with Crippen LogP contribution in [0.25, 0.3) is 0 Å². The zero-order valence-corrected chi connectivity index (χ0v) is 6.45. The van der Waals surface area contributed by atoms with E-state index in [1.54, 1.807) is 6.92 Å². The van der Waals surface area contributed by atoms with Crippen molar-refractivity contribution in [2.45, 2.75) is 19.6 Å². The molecule has 0 aliphatic carbocycles. The average molecular weight is 157 g/mol. The summed E-state index contributed by atoms with van der Waals surface area (Å²) in [5.41, 5.74) is 0. The average Bonchev–Trinajstić information content (AvgIpc) is 2.50. The molecule has 0 aromatic carbocycles. The van der Waals surface area contributed by atoms with Crippen LogP contribution in [0.5, 0.6) is 0 Å². The van der Waals surface area contributed by atoms with E-state index in [0.717, 1.165) is 0 Å². The molecule has 1 aliphatic rings. The van der Waals surface area contributed by atoms with Gasteiger partial charge in [-0.2, -0.15) is 0 Å². The predicted octanol–water partition coefficient (Wildman–Crippen LogP) is -0.220. The molecule has 0 N–H and O–H groups in total. The first-order valence-electron chi connectivity index (χ1n) is 3.66. The molecule has 4 nitrogen and oxygen atoms in total. The second-order valence-corrected chi connectivity index (χ2v) is 2.34. The van der Waals surface area contributed by atoms with Gasteiger partial charge in [0.2, 0.25) is 5.91 Å². The molecule has 1 saturated heterocycles. The number of hydrogen-bond acceptors (Lipinski definition) is 3. The van der Waals surface area contributed by atoms with Crippen LogP contribution in [-0.2, 0) is 14.3 Å². The minimum Gasteiger partial charge on any atom is -0.349 e. The minimum absolute atomic E-state index is 0.0281. The smallest absolute Gasteiger partial charge is 0.224 e. The highest BCUT2D eigenvalue weighted by Gasteiger charge is 2.27. The summed E-state index contributed by atoms with van der Waals surface area (Å²) in [5.74, 6) is -0.0281. The third kappa shape index (κ3) is 1.57. The quantitative estimate of drug-likeness (QED) is 0.520. The van der Waals surface area contributed by atoms with Crippen molar-refractivity contribution < 1.29 is 14.3 Å². The highest BCUT2D eigenvalue weighted by molar-refractivity contribution is 5.79. The molecule has 0 aromatic rings. The Morgan fingerprint density at radius 3 is 3.09 bits per heavy atom. The molecule has 4 heteroatoms. The van der Waals surface area contributed by atoms with E-state index < -0.39 is 6.23 Å². The molecule has 0 radical (unpaired) electrons. The minimum atomic E-state index is -0.637. The second kappa shape index (κ2) is 3.48. The molecule has 1 aliphatic heterocycles. The fourth-order valence-corrected chi connectivity index (χ4v) is 1.07. The molecule has 11 heavy (non-hydrogen) atoms. The standard InChI is InChI=1S/C7H11NO3/c1-2-6(10)8-3-4-11-7(8)5-9/h5,7H,2-4H2,1H3. The maximum absolute atomic E-state index is 11.1. The Kier molecular flexibility index (Phi) is 2.59. The van der Waals surface area contributed by atoms with Crippen LogP contribution >= 0.6 is 0 Å². The van der Waals surface area contributed by atoms with E-state index in [2.05, 4.69) is 0 Å². The second-order valence-electron chi connectivity index (χ2n) is 2.34. The van der Waals surface area contributed by atoms with Crippen molar-refractivity contribution in [1.29, 1.82) is 0 Å². The number of ether oxygens (including phenoxy) is 1. The summed E-state index contributed by atoms with van der Waals surface area (Å²) in [6.07, 6.45) is 0.441. The summed E-state index contributed by atoms with van der Waals surface area (Å²) in [4.78, 5) is 22.8. The summed E-state index contributed by atoms with van der Waals surface area (Å²) in [6.45, 7) is 2.77. The van der Waals surface area contributed by atoms with Crippen LogP contribution in [0.2, 0.25) is 0 Å². The van der Waals surface area contributed by atoms with Gasteiger partial charge in [-0.15, -0.1) is 0 Å². The number of aldehydes is 1. The summed E-state index contributed by atoms with van der Waals surface area (Å²) in [5, 5.41) is 0. The maximum Gasteiger partial charge on any atom is 0.224 e. The topological polar surface area (TPSA) is 46.6 Å². The lowest BCUT2D eigenvalue weighted by Crippen LogP contribution is -2.36. The van der Waals surface area contributed by atoms with Gasteiger partial charge >= 0.3 is 0 Å². The van der Waals surface area contributed by atoms with Crippen molar-refractivity contribution in [2.75, 3.05) is 13.2 Å². The van der Waals surface area contributed by atoms with Crippen LogP contribution < -0.4 is 0 Å². The first-order valence-corrected chi connectivity index (χ1v) is 3.66. The first kappa shape index (κ1) is 8.20. The molecule has 0 spiro atoms. The number of carbonyl (C=O) groups excluding carboxylic acids is 2. The number of nitrogens with zero attached hydrogens (tertiary/aromatic N) is 1. The van der Waals surface area contributed by atoms with Crippen LogP contribution in [-0.4, -0.2) is 36.5 Å². The number of rotatable bonds is 2. The third-order valence-corrected chi connectivity index (χ3v) is 1.67. The Bertz CT molecular complexity index is 169. The predicted molar refractivity (Wildman–Crippen MR) is 37.8 cm³/mol. The zero-order chi connectivity index (χ0) is 8.27. The van der Waals surface area contributed by atoms with Crippen LogP contribution in [0.4, 0.5) is 0 Å². The lowest BCUT2D eigenvalue weighted by atomic mass is 10.4. The normalized spacial score (nSPS) is 23.7. The van der Waals surface area contributed by atoms with E-state index in [-0.39, 0.29) is 5.91 Å². The van der Waals surface area contributed by atoms with Gasteiger partial charge in [0.05, 0.1) is 6.61 Å². The van der Waals surface area contributed by atoms with Gasteiger partial charge in [-0.25, -0.2) is 0 Å². The highest BCUT2D eigenvalue weighted by Crippen LogP contribution is 2.08. The molecule has 1 amide bonds. The van der Waals surface area contributed by atoms with Crippen LogP contribution in [0.15, 0.2) is 0 Å². The lowest BCUT2D eigenvalue weighted by molar-refractivity contribution is -0.140. The Morgan fingerprint density at radius 1 is 1.82 bits per heavy atom. The van der Waals surface area contributed by atoms with Gasteiger partial charge < -0.3 is 9.64 Å². The summed E-state index contributed by atoms with van der Waals surface area (Å²) < 4.78 is 4.97. The molecule has 1 atom stereocenters. The molecule has 62 valence electrons. The highest BCUT2D eigenvalue weighted by atomic mass is 16.5. The maximum atomic E-state index is 11.1. The van der Waals surface area contributed by atoms with Gasteiger partial charge in [0.25, 0.3) is 0 Å². The van der Waals surface area contributed by atoms with Gasteiger partial charge in [0.15, 0.2) is 12.5 Å². The summed E-state index contributed by atoms with van der Waals surface area (Å²) in [7, 11) is 0. The van der Waals surface area contributed by atoms with Crippen LogP contribution in [0.1, 0.15) is 13.3 Å². The van der Waals surface area contributed by atoms with Crippen molar-refractivity contribution in [2.24, 2.45) is 0 Å². The van der Waals surface area contributed by atoms with Crippen molar-refractivity contribution in [3.8, 4) is 0 Å². The molecular formula is C7H11NO3. The Labute approximate surface area is 65.1 Å². The van der Waals surface area contributed by atoms with Crippen LogP contribution in [0.3, 0.4) is 0 Å². The van der Waals surface area contributed by atoms with E-state index in [1.165, 1.54) is 4.90 Å². The van der Waals surface area contributed by atoms with Crippen LogP contribution in [0, 0.1) is 0 Å². The van der Waals surface area contributed by atoms with Crippen molar-refractivity contribution in [3.63, 3.8) is 0 Å². The number of carbonyl (C=O) groups is 2. The largest absolute Gasteiger partial charge is 0.349 e. The molecule has 1 fully saturated rings. The monoisotopic (exact) mass is 157 g/mol. The van der Waals surface area contributed by atoms with E-state index in [1.807, 2.05) is 0 Å². The molecule has 0 bridgehead atoms. The van der Waals surface area contributed by atoms with Gasteiger partial charge in [0, 0.05) is 13.0 Å². The molecule has 1 unspecified atom stereocenters. The molecule has 0 aromatic heterocycles. The molecule has 1 heterocycles. The Morgan fingerprint density at radius 2 is 2.55 bits per heavy atom. The first-order chi connectivity index (χ1) is 5.29. The third-order valence-electron chi connectivity index (χ3n) is 1.67. The number of hydrogen-bond donors (Lipinski definition) is 0. The Balaban J connectivity index is 2.56. The summed E-state index contributed by atoms with van der Waals surface area (Å²) in [6, 6.07) is 0. The fraction of sp³-hybridized carbons (Fsp3) is 0.714. The fourth-order valence-electron chi connectivity index (χ4n) is 1.07. The lowest BCUT2D eigenvalue weighted by Gasteiger charge is -2.17. The zero-order valence-electron chi connectivity index (χ0n) is 6.45. The number of amides is 1. The van der Waals surface area contributed by atoms with Gasteiger partial charge in [-0.3, -0.25) is 9.59 Å². The van der Waals surface area contributed by atoms with Gasteiger partial charge in [0.1, 0.15) is 0 Å². The van der Waals surface area contributed by atoms with E-state index in [0.29, 0.717) is 25.9 Å². The van der Waals surface area contributed by atoms with Crippen molar-refractivity contribution in [1.82, 2.24) is 4.90 Å². The molecule has 0 saturated carbocycles. The van der Waals surface area contributed by atoms with Crippen molar-refractivity contribution >= 4 is 12.2 Å². The van der Waals surface area contributed by atoms with Gasteiger partial charge in [-0.1, -0.05) is 6.92 Å². The molecular weight excluding hydrogens is 146 g/mol. The van der Waals surface area contributed by atoms with E-state index >= 15 is 0 Å². The van der Waals surface area contributed by atoms with E-state index in [9.17, 15) is 9.59 Å². The van der Waals surface area contributed by atoms with Gasteiger partial charge in [-0.05, 0) is 0 Å². The van der Waals surface area contributed by atoms with E-state index in [4.69, 9.17) is 4.74 Å². The van der Waals surface area contributed by atoms with Crippen molar-refractivity contribution in [3.05, 3.63) is 0 Å². The Hall–Kier alpha value is -0.900. The molecule has 1 rings (SSSR count).